The Morgan fingerprint density at radius 3 is 2.33 bits per heavy atom. The van der Waals surface area contributed by atoms with E-state index in [0.717, 1.165) is 34.1 Å². The quantitative estimate of drug-likeness (QED) is 0.509. The number of methoxy groups -OCH3 is 1. The third-order valence-corrected chi connectivity index (χ3v) is 6.03. The normalized spacial score (nSPS) is 18.5. The Labute approximate surface area is 165 Å². The summed E-state index contributed by atoms with van der Waals surface area (Å²) in [6.07, 6.45) is 0.898. The van der Waals surface area contributed by atoms with Gasteiger partial charge in [0.2, 0.25) is 0 Å². The van der Waals surface area contributed by atoms with Gasteiger partial charge < -0.3 is 9.47 Å². The van der Waals surface area contributed by atoms with E-state index in [1.165, 1.54) is 16.7 Å². The van der Waals surface area contributed by atoms with E-state index in [1.54, 1.807) is 7.11 Å². The number of ether oxygens (including phenoxy) is 2. The Morgan fingerprint density at radius 2 is 1.67 bits per heavy atom. The zero-order valence-corrected chi connectivity index (χ0v) is 16.6. The second-order valence-electron chi connectivity index (χ2n) is 7.12. The second kappa shape index (κ2) is 7.28. The first-order valence-electron chi connectivity index (χ1n) is 9.23. The van der Waals surface area contributed by atoms with Crippen LogP contribution in [0, 0.1) is 13.8 Å². The largest absolute Gasteiger partial charge is 0.497 e. The molecule has 0 aliphatic carbocycles. The molecule has 0 spiro atoms. The fourth-order valence-corrected chi connectivity index (χ4v) is 4.17. The van der Waals surface area contributed by atoms with Crippen LogP contribution in [0.1, 0.15) is 46.3 Å². The fraction of sp³-hybridized carbons (Fsp3) is 0.250. The van der Waals surface area contributed by atoms with Gasteiger partial charge in [-0.25, -0.2) is 0 Å². The molecule has 0 unspecified atom stereocenters. The van der Waals surface area contributed by atoms with E-state index >= 15 is 0 Å². The summed E-state index contributed by atoms with van der Waals surface area (Å²) in [5.41, 5.74) is 5.81. The molecule has 4 rings (SSSR count). The molecule has 2 atom stereocenters. The average Bonchev–Trinajstić information content (AvgIpc) is 2.72. The summed E-state index contributed by atoms with van der Waals surface area (Å²) in [4.78, 5) is 0. The molecule has 0 fully saturated rings. The topological polar surface area (TPSA) is 18.5 Å². The fourth-order valence-electron chi connectivity index (χ4n) is 4.01. The van der Waals surface area contributed by atoms with Gasteiger partial charge in [0.15, 0.2) is 0 Å². The van der Waals surface area contributed by atoms with Crippen LogP contribution >= 0.6 is 11.6 Å². The Balaban J connectivity index is 1.84. The summed E-state index contributed by atoms with van der Waals surface area (Å²) in [7, 11) is 1.69. The highest BCUT2D eigenvalue weighted by Crippen LogP contribution is 2.48. The number of halogens is 1. The lowest BCUT2D eigenvalue weighted by Gasteiger charge is -2.35. The number of hydrogen-bond donors (Lipinski definition) is 0. The van der Waals surface area contributed by atoms with Gasteiger partial charge in [0.1, 0.15) is 17.6 Å². The molecule has 3 heteroatoms. The summed E-state index contributed by atoms with van der Waals surface area (Å²) in [6, 6.07) is 20.9. The van der Waals surface area contributed by atoms with Crippen molar-refractivity contribution in [1.82, 2.24) is 0 Å². The molecule has 0 aromatic heterocycles. The van der Waals surface area contributed by atoms with Gasteiger partial charge in [-0.2, -0.15) is 0 Å². The molecular formula is C24H23ClO2. The lowest BCUT2D eigenvalue weighted by molar-refractivity contribution is 0.167. The van der Waals surface area contributed by atoms with Crippen molar-refractivity contribution in [3.8, 4) is 11.5 Å². The number of hydrogen-bond acceptors (Lipinski definition) is 2. The SMILES string of the molecule is COc1ccc([C@@H]2C[C@H](c3ccccc3)Oc3cc(C)c(Cl)c(C)c32)cc1. The smallest absolute Gasteiger partial charge is 0.125 e. The molecule has 0 radical (unpaired) electrons. The number of benzene rings is 3. The molecule has 0 saturated heterocycles. The third kappa shape index (κ3) is 3.30. The maximum Gasteiger partial charge on any atom is 0.125 e. The minimum Gasteiger partial charge on any atom is -0.497 e. The zero-order valence-electron chi connectivity index (χ0n) is 15.8. The summed E-state index contributed by atoms with van der Waals surface area (Å²) in [5, 5.41) is 0.828. The van der Waals surface area contributed by atoms with Crippen LogP contribution < -0.4 is 9.47 Å². The van der Waals surface area contributed by atoms with Crippen LogP contribution in [-0.2, 0) is 0 Å². The second-order valence-corrected chi connectivity index (χ2v) is 7.50. The monoisotopic (exact) mass is 378 g/mol. The van der Waals surface area contributed by atoms with Gasteiger partial charge in [0.25, 0.3) is 0 Å². The van der Waals surface area contributed by atoms with Crippen LogP contribution in [0.3, 0.4) is 0 Å². The lowest BCUT2D eigenvalue weighted by Crippen LogP contribution is -2.21. The van der Waals surface area contributed by atoms with E-state index in [-0.39, 0.29) is 12.0 Å². The van der Waals surface area contributed by atoms with Crippen molar-refractivity contribution in [2.24, 2.45) is 0 Å². The third-order valence-electron chi connectivity index (χ3n) is 5.45. The van der Waals surface area contributed by atoms with E-state index < -0.39 is 0 Å². The van der Waals surface area contributed by atoms with E-state index in [1.807, 2.05) is 25.1 Å². The first kappa shape index (κ1) is 17.9. The average molecular weight is 379 g/mol. The Hall–Kier alpha value is -2.45. The van der Waals surface area contributed by atoms with Crippen LogP contribution in [0.4, 0.5) is 0 Å². The molecule has 1 heterocycles. The van der Waals surface area contributed by atoms with Crippen molar-refractivity contribution in [2.75, 3.05) is 7.11 Å². The van der Waals surface area contributed by atoms with Gasteiger partial charge >= 0.3 is 0 Å². The first-order chi connectivity index (χ1) is 13.1. The highest BCUT2D eigenvalue weighted by molar-refractivity contribution is 6.32. The van der Waals surface area contributed by atoms with E-state index in [2.05, 4.69) is 49.4 Å². The Morgan fingerprint density at radius 1 is 0.963 bits per heavy atom. The van der Waals surface area contributed by atoms with Gasteiger partial charge in [-0.15, -0.1) is 0 Å². The van der Waals surface area contributed by atoms with Crippen LogP contribution in [0.15, 0.2) is 60.7 Å². The van der Waals surface area contributed by atoms with Crippen molar-refractivity contribution in [1.29, 1.82) is 0 Å². The van der Waals surface area contributed by atoms with Crippen molar-refractivity contribution in [2.45, 2.75) is 32.3 Å². The molecule has 3 aromatic rings. The van der Waals surface area contributed by atoms with Crippen molar-refractivity contribution in [3.05, 3.63) is 93.5 Å². The minimum atomic E-state index is 0.0192. The highest BCUT2D eigenvalue weighted by atomic mass is 35.5. The maximum absolute atomic E-state index is 6.59. The maximum atomic E-state index is 6.59. The molecule has 27 heavy (non-hydrogen) atoms. The molecule has 0 N–H and O–H groups in total. The van der Waals surface area contributed by atoms with E-state index in [9.17, 15) is 0 Å². The Kier molecular flexibility index (Phi) is 4.84. The molecule has 0 amide bonds. The van der Waals surface area contributed by atoms with Gasteiger partial charge in [0.05, 0.1) is 7.11 Å². The predicted octanol–water partition coefficient (Wildman–Crippen LogP) is 6.62. The first-order valence-corrected chi connectivity index (χ1v) is 9.61. The highest BCUT2D eigenvalue weighted by Gasteiger charge is 2.32. The van der Waals surface area contributed by atoms with Crippen molar-refractivity contribution in [3.63, 3.8) is 0 Å². The summed E-state index contributed by atoms with van der Waals surface area (Å²) >= 11 is 6.59. The van der Waals surface area contributed by atoms with Crippen LogP contribution in [0.25, 0.3) is 0 Å². The molecule has 1 aliphatic rings. The predicted molar refractivity (Wildman–Crippen MR) is 110 cm³/mol. The molecule has 0 bridgehead atoms. The van der Waals surface area contributed by atoms with Crippen molar-refractivity contribution < 1.29 is 9.47 Å². The van der Waals surface area contributed by atoms with Gasteiger partial charge in [0, 0.05) is 16.5 Å². The van der Waals surface area contributed by atoms with Gasteiger partial charge in [-0.3, -0.25) is 0 Å². The summed E-state index contributed by atoms with van der Waals surface area (Å²) in [5.74, 6) is 2.03. The molecule has 0 saturated carbocycles. The van der Waals surface area contributed by atoms with Crippen LogP contribution in [0.2, 0.25) is 5.02 Å². The standard InChI is InChI=1S/C24H23ClO2/c1-15-13-22-23(16(2)24(15)25)20(17-9-11-19(26-3)12-10-17)14-21(27-22)18-7-5-4-6-8-18/h4-13,20-21H,14H2,1-3H3/t20-,21+/m0/s1. The minimum absolute atomic E-state index is 0.0192. The number of aryl methyl sites for hydroxylation is 1. The summed E-state index contributed by atoms with van der Waals surface area (Å²) < 4.78 is 11.8. The van der Waals surface area contributed by atoms with E-state index in [4.69, 9.17) is 21.1 Å². The molecule has 1 aliphatic heterocycles. The van der Waals surface area contributed by atoms with Crippen molar-refractivity contribution >= 4 is 11.6 Å². The molecular weight excluding hydrogens is 356 g/mol. The van der Waals surface area contributed by atoms with Crippen LogP contribution in [0.5, 0.6) is 11.5 Å². The van der Waals surface area contributed by atoms with Gasteiger partial charge in [-0.1, -0.05) is 54.1 Å². The Bertz CT molecular complexity index is 948. The number of rotatable bonds is 3. The zero-order chi connectivity index (χ0) is 19.0. The van der Waals surface area contributed by atoms with E-state index in [0.29, 0.717) is 0 Å². The summed E-state index contributed by atoms with van der Waals surface area (Å²) in [6.45, 7) is 4.13. The molecule has 138 valence electrons. The molecule has 3 aromatic carbocycles. The number of fused-ring (bicyclic) bond motifs is 1. The van der Waals surface area contributed by atoms with Gasteiger partial charge in [-0.05, 0) is 60.7 Å². The molecule has 2 nitrogen and oxygen atoms in total. The lowest BCUT2D eigenvalue weighted by atomic mass is 9.80. The van der Waals surface area contributed by atoms with Crippen LogP contribution in [-0.4, -0.2) is 7.11 Å².